The molecule has 2 N–H and O–H groups in total. The van der Waals surface area contributed by atoms with E-state index in [2.05, 4.69) is 0 Å². The Bertz CT molecular complexity index is 123. The number of carbonyl (C=O) groups excluding carboxylic acids is 1. The van der Waals surface area contributed by atoms with E-state index in [-0.39, 0.29) is 6.61 Å². The zero-order chi connectivity index (χ0) is 9.56. The van der Waals surface area contributed by atoms with Crippen molar-refractivity contribution >= 4 is 6.29 Å². The van der Waals surface area contributed by atoms with Crippen LogP contribution >= 0.6 is 0 Å². The van der Waals surface area contributed by atoms with Crippen LogP contribution in [0.3, 0.4) is 0 Å². The minimum Gasteiger partial charge on any atom is -0.394 e. The van der Waals surface area contributed by atoms with Crippen molar-refractivity contribution in [2.24, 2.45) is 0 Å². The van der Waals surface area contributed by atoms with E-state index in [4.69, 9.17) is 19.7 Å². The van der Waals surface area contributed by atoms with Crippen LogP contribution in [-0.2, 0) is 14.3 Å². The van der Waals surface area contributed by atoms with Crippen LogP contribution in [0.4, 0.5) is 0 Å². The molecule has 0 saturated heterocycles. The third-order valence-corrected chi connectivity index (χ3v) is 1.60. The number of aldehydes is 1. The Morgan fingerprint density at radius 1 is 1.42 bits per heavy atom. The molecule has 12 heavy (non-hydrogen) atoms. The highest BCUT2D eigenvalue weighted by Gasteiger charge is 2.27. The summed E-state index contributed by atoms with van der Waals surface area (Å²) in [6.45, 7) is -0.306. The number of rotatable bonds is 6. The first-order valence-electron chi connectivity index (χ1n) is 3.51. The van der Waals surface area contributed by atoms with Gasteiger partial charge in [-0.1, -0.05) is 0 Å². The summed E-state index contributed by atoms with van der Waals surface area (Å²) >= 11 is 0. The zero-order valence-electron chi connectivity index (χ0n) is 7.14. The van der Waals surface area contributed by atoms with Gasteiger partial charge in [-0.3, -0.25) is 0 Å². The molecular weight excluding hydrogens is 164 g/mol. The van der Waals surface area contributed by atoms with E-state index in [0.29, 0.717) is 6.29 Å². The van der Waals surface area contributed by atoms with Gasteiger partial charge >= 0.3 is 0 Å². The first kappa shape index (κ1) is 11.5. The molecule has 3 unspecified atom stereocenters. The molecular formula is C7H14O5. The van der Waals surface area contributed by atoms with E-state index in [1.165, 1.54) is 14.2 Å². The van der Waals surface area contributed by atoms with Crippen LogP contribution in [0.25, 0.3) is 0 Å². The number of hydrogen-bond donors (Lipinski definition) is 2. The Morgan fingerprint density at radius 3 is 2.25 bits per heavy atom. The summed E-state index contributed by atoms with van der Waals surface area (Å²) in [6, 6.07) is 0. The van der Waals surface area contributed by atoms with Crippen molar-refractivity contribution in [3.8, 4) is 0 Å². The molecule has 3 atom stereocenters. The van der Waals surface area contributed by atoms with Crippen LogP contribution in [0.15, 0.2) is 0 Å². The molecule has 72 valence electrons. The molecule has 0 amide bonds. The van der Waals surface area contributed by atoms with Crippen molar-refractivity contribution in [3.05, 3.63) is 0 Å². The molecule has 0 saturated carbocycles. The second-order valence-electron chi connectivity index (χ2n) is 2.28. The molecule has 0 aliphatic carbocycles. The third kappa shape index (κ3) is 2.86. The fourth-order valence-corrected chi connectivity index (χ4v) is 0.901. The van der Waals surface area contributed by atoms with Crippen LogP contribution in [0.2, 0.25) is 0 Å². The molecule has 5 nitrogen and oxygen atoms in total. The smallest absolute Gasteiger partial charge is 0.151 e. The molecule has 0 radical (unpaired) electrons. The summed E-state index contributed by atoms with van der Waals surface area (Å²) < 4.78 is 9.56. The summed E-state index contributed by atoms with van der Waals surface area (Å²) in [7, 11) is 2.70. The van der Waals surface area contributed by atoms with Crippen molar-refractivity contribution < 1.29 is 24.5 Å². The summed E-state index contributed by atoms with van der Waals surface area (Å²) in [5.74, 6) is 0. The molecule has 0 bridgehead atoms. The monoisotopic (exact) mass is 178 g/mol. The summed E-state index contributed by atoms with van der Waals surface area (Å²) in [5.41, 5.74) is 0. The summed E-state index contributed by atoms with van der Waals surface area (Å²) in [6.07, 6.45) is -2.43. The molecule has 0 aliphatic rings. The molecule has 5 heteroatoms. The average molecular weight is 178 g/mol. The van der Waals surface area contributed by atoms with Crippen molar-refractivity contribution in [3.63, 3.8) is 0 Å². The van der Waals surface area contributed by atoms with Crippen molar-refractivity contribution in [1.82, 2.24) is 0 Å². The fraction of sp³-hybridized carbons (Fsp3) is 0.857. The lowest BCUT2D eigenvalue weighted by Crippen LogP contribution is -2.43. The number of ether oxygens (including phenoxy) is 2. The van der Waals surface area contributed by atoms with Gasteiger partial charge in [-0.15, -0.1) is 0 Å². The first-order valence-corrected chi connectivity index (χ1v) is 3.51. The van der Waals surface area contributed by atoms with Gasteiger partial charge in [-0.2, -0.15) is 0 Å². The zero-order valence-corrected chi connectivity index (χ0v) is 7.14. The second-order valence-corrected chi connectivity index (χ2v) is 2.28. The van der Waals surface area contributed by atoms with E-state index in [1.807, 2.05) is 0 Å². The van der Waals surface area contributed by atoms with E-state index in [0.717, 1.165) is 0 Å². The van der Waals surface area contributed by atoms with Gasteiger partial charge < -0.3 is 24.5 Å². The highest BCUT2D eigenvalue weighted by Crippen LogP contribution is 2.05. The maximum absolute atomic E-state index is 10.2. The van der Waals surface area contributed by atoms with Gasteiger partial charge in [0.2, 0.25) is 0 Å². The lowest BCUT2D eigenvalue weighted by molar-refractivity contribution is -0.135. The Balaban J connectivity index is 4.18. The fourth-order valence-electron chi connectivity index (χ4n) is 0.901. The van der Waals surface area contributed by atoms with Crippen LogP contribution < -0.4 is 0 Å². The van der Waals surface area contributed by atoms with Crippen molar-refractivity contribution in [1.29, 1.82) is 0 Å². The van der Waals surface area contributed by atoms with Crippen molar-refractivity contribution in [2.45, 2.75) is 18.3 Å². The molecule has 0 spiro atoms. The van der Waals surface area contributed by atoms with Crippen molar-refractivity contribution in [2.75, 3.05) is 20.8 Å². The molecule has 0 heterocycles. The number of aliphatic hydroxyl groups excluding tert-OH is 2. The first-order chi connectivity index (χ1) is 5.71. The third-order valence-electron chi connectivity index (χ3n) is 1.60. The average Bonchev–Trinajstić information content (AvgIpc) is 2.12. The predicted octanol–water partition coefficient (Wildman–Crippen LogP) is -1.43. The minimum absolute atomic E-state index is 0.306. The Morgan fingerprint density at radius 2 is 2.00 bits per heavy atom. The summed E-state index contributed by atoms with van der Waals surface area (Å²) in [4.78, 5) is 10.2. The standard InChI is InChI=1S/C7H14O5/c1-11-6(4-9)7(12-2)5(10)3-8/h3,5-7,9-10H,4H2,1-2H3. The van der Waals surface area contributed by atoms with Gasteiger partial charge in [-0.05, 0) is 0 Å². The molecule has 0 aromatic carbocycles. The predicted molar refractivity (Wildman–Crippen MR) is 40.8 cm³/mol. The highest BCUT2D eigenvalue weighted by molar-refractivity contribution is 5.56. The normalized spacial score (nSPS) is 18.3. The maximum atomic E-state index is 10.2. The van der Waals surface area contributed by atoms with Crippen LogP contribution in [0, 0.1) is 0 Å². The van der Waals surface area contributed by atoms with Crippen LogP contribution in [-0.4, -0.2) is 55.6 Å². The van der Waals surface area contributed by atoms with Gasteiger partial charge in [0.1, 0.15) is 18.3 Å². The lowest BCUT2D eigenvalue weighted by Gasteiger charge is -2.24. The molecule has 0 aromatic heterocycles. The Hall–Kier alpha value is -0.490. The Labute approximate surface area is 70.9 Å². The van der Waals surface area contributed by atoms with E-state index >= 15 is 0 Å². The van der Waals surface area contributed by atoms with E-state index < -0.39 is 18.3 Å². The number of carbonyl (C=O) groups is 1. The summed E-state index contributed by atoms with van der Waals surface area (Å²) in [5, 5.41) is 17.8. The minimum atomic E-state index is -1.27. The van der Waals surface area contributed by atoms with E-state index in [9.17, 15) is 4.79 Å². The maximum Gasteiger partial charge on any atom is 0.151 e. The number of methoxy groups -OCH3 is 2. The molecule has 0 fully saturated rings. The van der Waals surface area contributed by atoms with Crippen LogP contribution in [0.5, 0.6) is 0 Å². The number of hydrogen-bond acceptors (Lipinski definition) is 5. The highest BCUT2D eigenvalue weighted by atomic mass is 16.5. The second kappa shape index (κ2) is 6.07. The SMILES string of the molecule is COC(CO)C(OC)C(O)C=O. The van der Waals surface area contributed by atoms with Gasteiger partial charge in [0.15, 0.2) is 6.29 Å². The van der Waals surface area contributed by atoms with E-state index in [1.54, 1.807) is 0 Å². The van der Waals surface area contributed by atoms with Gasteiger partial charge in [-0.25, -0.2) is 0 Å². The number of aliphatic hydroxyl groups is 2. The Kier molecular flexibility index (Phi) is 5.83. The van der Waals surface area contributed by atoms with Gasteiger partial charge in [0.25, 0.3) is 0 Å². The molecule has 0 rings (SSSR count). The quantitative estimate of drug-likeness (QED) is 0.488. The molecule has 0 aliphatic heterocycles. The van der Waals surface area contributed by atoms with Gasteiger partial charge in [0.05, 0.1) is 6.61 Å². The van der Waals surface area contributed by atoms with Crippen LogP contribution in [0.1, 0.15) is 0 Å². The molecule has 0 aromatic rings. The van der Waals surface area contributed by atoms with Gasteiger partial charge in [0, 0.05) is 14.2 Å². The lowest BCUT2D eigenvalue weighted by atomic mass is 10.1. The topological polar surface area (TPSA) is 76.0 Å². The largest absolute Gasteiger partial charge is 0.394 e.